The minimum atomic E-state index is -3.08. The molecule has 0 aliphatic heterocycles. The Morgan fingerprint density at radius 1 is 1.19 bits per heavy atom. The number of aliphatic carboxylic acids is 1. The highest BCUT2D eigenvalue weighted by molar-refractivity contribution is 7.65. The highest BCUT2D eigenvalue weighted by Gasteiger charge is 2.39. The molecule has 0 aliphatic rings. The van der Waals surface area contributed by atoms with Gasteiger partial charge in [0, 0.05) is 6.08 Å². The van der Waals surface area contributed by atoms with Gasteiger partial charge >= 0.3 is 12.0 Å². The molecule has 4 nitrogen and oxygen atoms in total. The smallest absolute Gasteiger partial charge is 0.381 e. The van der Waals surface area contributed by atoms with Gasteiger partial charge in [0.25, 0.3) is 0 Å². The van der Waals surface area contributed by atoms with E-state index in [9.17, 15) is 4.79 Å². The summed E-state index contributed by atoms with van der Waals surface area (Å²) in [5.74, 6) is 0.00848. The van der Waals surface area contributed by atoms with Crippen molar-refractivity contribution < 1.29 is 19.4 Å². The van der Waals surface area contributed by atoms with Crippen molar-refractivity contribution in [3.63, 3.8) is 0 Å². The molecule has 0 amide bonds. The molecule has 0 saturated heterocycles. The van der Waals surface area contributed by atoms with Crippen molar-refractivity contribution in [2.24, 2.45) is 0 Å². The van der Waals surface area contributed by atoms with Crippen LogP contribution in [-0.4, -0.2) is 29.4 Å². The van der Waals surface area contributed by atoms with Crippen LogP contribution in [0.5, 0.6) is 11.5 Å². The number of rotatable bonds is 12. The van der Waals surface area contributed by atoms with Crippen LogP contribution in [0, 0.1) is 0 Å². The maximum atomic E-state index is 10.7. The Hall–Kier alpha value is -0.883. The van der Waals surface area contributed by atoms with Crippen LogP contribution in [0.15, 0.2) is 24.3 Å². The topological polar surface area (TPSA) is 55.8 Å². The maximum Gasteiger partial charge on any atom is 0.381 e. The fraction of sp³-hybridized carbons (Fsp3) is 0.500. The second-order valence-electron chi connectivity index (χ2n) is 5.87. The van der Waals surface area contributed by atoms with Crippen LogP contribution in [0.3, 0.4) is 0 Å². The molecule has 26 heavy (non-hydrogen) atoms. The molecule has 0 spiro atoms. The highest BCUT2D eigenvalue weighted by atomic mass is 35.8. The predicted molar refractivity (Wildman–Crippen MR) is 111 cm³/mol. The van der Waals surface area contributed by atoms with E-state index in [4.69, 9.17) is 47.8 Å². The number of unbranched alkanes of at least 4 members (excludes halogenated alkanes) is 2. The molecule has 1 rings (SSSR count). The molecule has 8 heteroatoms. The normalized spacial score (nSPS) is 13.0. The summed E-state index contributed by atoms with van der Waals surface area (Å²) in [6.07, 6.45) is 7.10. The minimum absolute atomic E-state index is 0.464. The Bertz CT molecular complexity index is 603. The number of carbonyl (C=O) groups is 1. The second-order valence-corrected chi connectivity index (χ2v) is 14.7. The molecule has 0 bridgehead atoms. The van der Waals surface area contributed by atoms with Crippen molar-refractivity contribution in [2.75, 3.05) is 6.61 Å². The SMILES string of the molecule is CCCCCOc1ccc(/C=C/C(=O)O)cc1OC(CCC)[Si](Cl)(Cl)Cl. The van der Waals surface area contributed by atoms with Gasteiger partial charge in [-0.3, -0.25) is 0 Å². The molecule has 146 valence electrons. The molecule has 0 aliphatic carbocycles. The number of carboxylic acid groups (broad SMARTS) is 1. The van der Waals surface area contributed by atoms with Crippen molar-refractivity contribution >= 4 is 51.3 Å². The predicted octanol–water partition coefficient (Wildman–Crippen LogP) is 6.10. The lowest BCUT2D eigenvalue weighted by atomic mass is 10.2. The van der Waals surface area contributed by atoms with Crippen LogP contribution in [-0.2, 0) is 4.79 Å². The first-order chi connectivity index (χ1) is 12.3. The van der Waals surface area contributed by atoms with E-state index in [-0.39, 0.29) is 0 Å². The first kappa shape index (κ1) is 23.2. The third-order valence-corrected chi connectivity index (χ3v) is 6.90. The van der Waals surface area contributed by atoms with E-state index in [1.54, 1.807) is 18.2 Å². The fourth-order valence-corrected chi connectivity index (χ4v) is 4.51. The van der Waals surface area contributed by atoms with Crippen molar-refractivity contribution in [3.05, 3.63) is 29.8 Å². The zero-order valence-corrected chi connectivity index (χ0v) is 18.3. The number of hydrogen-bond donors (Lipinski definition) is 1. The van der Waals surface area contributed by atoms with Gasteiger partial charge in [0.15, 0.2) is 11.5 Å². The Kier molecular flexibility index (Phi) is 10.5. The van der Waals surface area contributed by atoms with Gasteiger partial charge < -0.3 is 14.6 Å². The molecular weight excluding hydrogens is 415 g/mol. The number of hydrogen-bond acceptors (Lipinski definition) is 3. The standard InChI is InChI=1S/C18H25Cl3O4Si/c1-3-5-6-12-24-15-10-8-14(9-11-17(22)23)13-16(15)25-18(7-4-2)26(19,20)21/h8-11,13,18H,3-7,12H2,1-2H3,(H,22,23)/b11-9+. The Labute approximate surface area is 170 Å². The fourth-order valence-electron chi connectivity index (χ4n) is 2.25. The van der Waals surface area contributed by atoms with Gasteiger partial charge in [-0.05, 0) is 36.6 Å². The van der Waals surface area contributed by atoms with E-state index in [1.165, 1.54) is 6.08 Å². The Morgan fingerprint density at radius 2 is 1.92 bits per heavy atom. The third-order valence-electron chi connectivity index (χ3n) is 3.58. The van der Waals surface area contributed by atoms with E-state index in [0.717, 1.165) is 31.8 Å². The third kappa shape index (κ3) is 8.67. The first-order valence-electron chi connectivity index (χ1n) is 8.69. The number of halogens is 3. The minimum Gasteiger partial charge on any atom is -0.490 e. The van der Waals surface area contributed by atoms with Crippen LogP contribution in [0.2, 0.25) is 0 Å². The summed E-state index contributed by atoms with van der Waals surface area (Å²) < 4.78 is 11.8. The van der Waals surface area contributed by atoms with Gasteiger partial charge in [-0.1, -0.05) is 39.2 Å². The van der Waals surface area contributed by atoms with Crippen LogP contribution in [0.1, 0.15) is 51.5 Å². The Morgan fingerprint density at radius 3 is 2.50 bits per heavy atom. The Balaban J connectivity index is 3.06. The van der Waals surface area contributed by atoms with Crippen LogP contribution < -0.4 is 9.47 Å². The van der Waals surface area contributed by atoms with Crippen molar-refractivity contribution in [3.8, 4) is 11.5 Å². The summed E-state index contributed by atoms with van der Waals surface area (Å²) in [4.78, 5) is 10.7. The van der Waals surface area contributed by atoms with E-state index in [0.29, 0.717) is 30.1 Å². The zero-order valence-electron chi connectivity index (χ0n) is 15.0. The summed E-state index contributed by atoms with van der Waals surface area (Å²) in [6.45, 7) is 4.69. The molecular formula is C18H25Cl3O4Si. The lowest BCUT2D eigenvalue weighted by Gasteiger charge is -2.24. The van der Waals surface area contributed by atoms with Gasteiger partial charge in [0.05, 0.1) is 6.61 Å². The highest BCUT2D eigenvalue weighted by Crippen LogP contribution is 2.35. The summed E-state index contributed by atoms with van der Waals surface area (Å²) in [5, 5.41) is 8.80. The van der Waals surface area contributed by atoms with Gasteiger partial charge in [0.2, 0.25) is 0 Å². The molecule has 0 heterocycles. The van der Waals surface area contributed by atoms with Gasteiger partial charge in [0.1, 0.15) is 5.73 Å². The second kappa shape index (κ2) is 11.8. The summed E-state index contributed by atoms with van der Waals surface area (Å²) in [5.41, 5.74) is 0.165. The van der Waals surface area contributed by atoms with Crippen LogP contribution in [0.4, 0.5) is 0 Å². The molecule has 0 fully saturated rings. The van der Waals surface area contributed by atoms with E-state index >= 15 is 0 Å². The molecule has 0 radical (unpaired) electrons. The number of carboxylic acids is 1. The molecule has 1 N–H and O–H groups in total. The van der Waals surface area contributed by atoms with E-state index in [2.05, 4.69) is 6.92 Å². The van der Waals surface area contributed by atoms with Crippen molar-refractivity contribution in [1.29, 1.82) is 0 Å². The lowest BCUT2D eigenvalue weighted by molar-refractivity contribution is -0.131. The molecule has 1 aromatic carbocycles. The summed E-state index contributed by atoms with van der Waals surface area (Å²) >= 11 is 18.5. The average molecular weight is 440 g/mol. The van der Waals surface area contributed by atoms with Crippen LogP contribution in [0.25, 0.3) is 6.08 Å². The van der Waals surface area contributed by atoms with Gasteiger partial charge in [-0.15, -0.1) is 33.2 Å². The quantitative estimate of drug-likeness (QED) is 0.185. The number of ether oxygens (including phenoxy) is 2. The lowest BCUT2D eigenvalue weighted by Crippen LogP contribution is -2.36. The van der Waals surface area contributed by atoms with Crippen molar-refractivity contribution in [1.82, 2.24) is 0 Å². The largest absolute Gasteiger partial charge is 0.490 e. The monoisotopic (exact) mass is 438 g/mol. The molecule has 0 aromatic heterocycles. The van der Waals surface area contributed by atoms with E-state index in [1.807, 2.05) is 6.92 Å². The van der Waals surface area contributed by atoms with Crippen LogP contribution >= 0.6 is 33.2 Å². The molecule has 1 aromatic rings. The maximum absolute atomic E-state index is 10.7. The summed E-state index contributed by atoms with van der Waals surface area (Å²) in [7, 11) is 0. The zero-order chi connectivity index (χ0) is 19.6. The number of benzene rings is 1. The first-order valence-corrected chi connectivity index (χ1v) is 13.8. The van der Waals surface area contributed by atoms with E-state index < -0.39 is 17.7 Å². The summed E-state index contributed by atoms with van der Waals surface area (Å²) in [6, 6.07) is 2.15. The molecule has 1 unspecified atom stereocenters. The van der Waals surface area contributed by atoms with Gasteiger partial charge in [-0.2, -0.15) is 0 Å². The average Bonchev–Trinajstić information content (AvgIpc) is 2.57. The van der Waals surface area contributed by atoms with Crippen molar-refractivity contribution in [2.45, 2.75) is 51.7 Å². The molecule has 1 atom stereocenters. The molecule has 0 saturated carbocycles. The van der Waals surface area contributed by atoms with Gasteiger partial charge in [-0.25, -0.2) is 4.79 Å².